The van der Waals surface area contributed by atoms with Gasteiger partial charge in [0.25, 0.3) is 0 Å². The predicted octanol–water partition coefficient (Wildman–Crippen LogP) is 4.10. The Bertz CT molecular complexity index is 1450. The lowest BCUT2D eigenvalue weighted by Gasteiger charge is -2.42. The van der Waals surface area contributed by atoms with Crippen molar-refractivity contribution in [2.24, 2.45) is 11.8 Å². The van der Waals surface area contributed by atoms with Crippen molar-refractivity contribution in [3.8, 4) is 0 Å². The van der Waals surface area contributed by atoms with Gasteiger partial charge in [0.05, 0.1) is 74.3 Å². The monoisotopic (exact) mass is 869 g/mol. The number of ether oxygens (including phenoxy) is 10. The lowest BCUT2D eigenvalue weighted by molar-refractivity contribution is -0.284. The second-order valence-electron chi connectivity index (χ2n) is 18.4. The average molecular weight is 869 g/mol. The third kappa shape index (κ3) is 13.4. The minimum Gasteiger partial charge on any atom is -0.456 e. The Hall–Kier alpha value is -1.83. The highest BCUT2D eigenvalue weighted by molar-refractivity contribution is 5.82. The van der Waals surface area contributed by atoms with E-state index in [-0.39, 0.29) is 55.6 Å². The summed E-state index contributed by atoms with van der Waals surface area (Å²) in [7, 11) is 6.68. The second kappa shape index (κ2) is 22.9. The SMILES string of the molecule is COC1CC(C)OC(CCC(C)C(O)C(C)C2(C)CC(OC)CC(OC)C3(CO3)C(OC)CC3CC=CC(CC(OC4OCC(O)C(O)C4O)CC=C(C)C=CC(=O)O2)O3)C1. The van der Waals surface area contributed by atoms with Crippen molar-refractivity contribution in [3.05, 3.63) is 36.0 Å². The Morgan fingerprint density at radius 2 is 1.57 bits per heavy atom. The molecule has 15 heteroatoms. The molecule has 15 nitrogen and oxygen atoms in total. The summed E-state index contributed by atoms with van der Waals surface area (Å²) in [5.41, 5.74) is -1.19. The lowest BCUT2D eigenvalue weighted by Crippen LogP contribution is -2.54. The van der Waals surface area contributed by atoms with E-state index in [0.29, 0.717) is 45.1 Å². The summed E-state index contributed by atoms with van der Waals surface area (Å²) in [6.45, 7) is 9.96. The predicted molar refractivity (Wildman–Crippen MR) is 225 cm³/mol. The van der Waals surface area contributed by atoms with Crippen molar-refractivity contribution in [2.75, 3.05) is 41.7 Å². The van der Waals surface area contributed by atoms with Gasteiger partial charge in [-0.3, -0.25) is 0 Å². The fourth-order valence-corrected chi connectivity index (χ4v) is 9.64. The molecule has 5 aliphatic heterocycles. The van der Waals surface area contributed by atoms with Gasteiger partial charge < -0.3 is 67.8 Å². The Balaban J connectivity index is 1.40. The smallest absolute Gasteiger partial charge is 0.331 e. The summed E-state index contributed by atoms with van der Waals surface area (Å²) < 4.78 is 61.4. The van der Waals surface area contributed by atoms with Crippen molar-refractivity contribution < 1.29 is 72.6 Å². The number of rotatable bonds is 12. The number of carbonyl (C=O) groups excluding carboxylic acids is 1. The third-order valence-electron chi connectivity index (χ3n) is 13.8. The van der Waals surface area contributed by atoms with Crippen LogP contribution in [0, 0.1) is 11.8 Å². The van der Waals surface area contributed by atoms with Gasteiger partial charge in [0.2, 0.25) is 0 Å². The third-order valence-corrected chi connectivity index (χ3v) is 13.8. The molecule has 0 aromatic carbocycles. The molecule has 18 unspecified atom stereocenters. The van der Waals surface area contributed by atoms with E-state index >= 15 is 0 Å². The molecule has 0 aromatic rings. The van der Waals surface area contributed by atoms with Crippen molar-refractivity contribution in [1.29, 1.82) is 0 Å². The van der Waals surface area contributed by atoms with Crippen LogP contribution in [-0.2, 0) is 52.2 Å². The molecular formula is C46H76O15. The van der Waals surface area contributed by atoms with Crippen LogP contribution in [-0.4, -0.2) is 165 Å². The van der Waals surface area contributed by atoms with Gasteiger partial charge in [0.1, 0.15) is 29.5 Å². The number of aliphatic hydroxyl groups is 4. The quantitative estimate of drug-likeness (QED) is 0.124. The standard InChI is InChI=1S/C46H76O15/c1-27-13-16-34(60-44-43(51)42(50)37(47)25-56-44)20-31-11-10-12-32(59-31)22-38(54-8)46(26-57-46)39(55-9)23-36(53-7)24-45(5,61-40(48)18-14-27)30(4)41(49)28(2)15-17-33-21-35(52-6)19-29(3)58-33/h10-11,13-14,18,28-39,41-44,47,49-51H,12,15-17,19-26H2,1-9H3. The topological polar surface area (TPSA) is 194 Å². The van der Waals surface area contributed by atoms with Gasteiger partial charge in [-0.25, -0.2) is 4.79 Å². The molecule has 0 aliphatic carbocycles. The van der Waals surface area contributed by atoms with Gasteiger partial charge >= 0.3 is 5.97 Å². The number of hydrogen-bond donors (Lipinski definition) is 4. The van der Waals surface area contributed by atoms with Crippen molar-refractivity contribution in [3.63, 3.8) is 0 Å². The number of epoxide rings is 1. The number of cyclic esters (lactones) is 1. The number of esters is 1. The molecule has 2 bridgehead atoms. The van der Waals surface area contributed by atoms with Gasteiger partial charge in [-0.05, 0) is 65.2 Å². The Kier molecular flexibility index (Phi) is 18.8. The minimum absolute atomic E-state index is 0.0357. The first-order chi connectivity index (χ1) is 29.0. The lowest BCUT2D eigenvalue weighted by atomic mass is 9.76. The van der Waals surface area contributed by atoms with E-state index in [0.717, 1.165) is 24.8 Å². The number of methoxy groups -OCH3 is 4. The first kappa shape index (κ1) is 50.2. The summed E-state index contributed by atoms with van der Waals surface area (Å²) in [5.74, 6) is -1.20. The first-order valence-corrected chi connectivity index (χ1v) is 22.3. The Morgan fingerprint density at radius 1 is 0.869 bits per heavy atom. The van der Waals surface area contributed by atoms with Gasteiger partial charge in [-0.2, -0.15) is 0 Å². The van der Waals surface area contributed by atoms with Crippen LogP contribution >= 0.6 is 0 Å². The van der Waals surface area contributed by atoms with Crippen LogP contribution in [0.3, 0.4) is 0 Å². The zero-order valence-electron chi connectivity index (χ0n) is 37.9. The average Bonchev–Trinajstić information content (AvgIpc) is 4.05. The fourth-order valence-electron chi connectivity index (χ4n) is 9.64. The normalized spacial score (nSPS) is 42.3. The molecule has 0 saturated carbocycles. The molecule has 5 aliphatic rings. The molecule has 61 heavy (non-hydrogen) atoms. The maximum absolute atomic E-state index is 13.8. The maximum atomic E-state index is 13.8. The highest BCUT2D eigenvalue weighted by atomic mass is 16.7. The van der Waals surface area contributed by atoms with E-state index in [2.05, 4.69) is 13.0 Å². The molecule has 4 N–H and O–H groups in total. The summed E-state index contributed by atoms with van der Waals surface area (Å²) in [4.78, 5) is 13.8. The number of fused-ring (bicyclic) bond motifs is 2. The van der Waals surface area contributed by atoms with Crippen LogP contribution in [0.1, 0.15) is 98.8 Å². The molecule has 1 spiro atoms. The van der Waals surface area contributed by atoms with Crippen molar-refractivity contribution in [2.45, 2.75) is 196 Å². The van der Waals surface area contributed by atoms with Gasteiger partial charge in [0, 0.05) is 66.1 Å². The van der Waals surface area contributed by atoms with E-state index in [1.54, 1.807) is 34.5 Å². The Morgan fingerprint density at radius 3 is 2.25 bits per heavy atom. The zero-order chi connectivity index (χ0) is 44.5. The molecule has 5 heterocycles. The fraction of sp³-hybridized carbons (Fsp3) is 0.848. The maximum Gasteiger partial charge on any atom is 0.331 e. The zero-order valence-corrected chi connectivity index (χ0v) is 37.9. The number of carbonyl (C=O) groups is 1. The van der Waals surface area contributed by atoms with Crippen LogP contribution in [0.15, 0.2) is 36.0 Å². The van der Waals surface area contributed by atoms with E-state index < -0.39 is 72.1 Å². The van der Waals surface area contributed by atoms with Crippen LogP contribution in [0.25, 0.3) is 0 Å². The van der Waals surface area contributed by atoms with Gasteiger partial charge in [0.15, 0.2) is 6.29 Å². The Labute approximate surface area is 363 Å². The van der Waals surface area contributed by atoms with Crippen LogP contribution in [0.2, 0.25) is 0 Å². The first-order valence-electron chi connectivity index (χ1n) is 22.3. The molecule has 0 amide bonds. The van der Waals surface area contributed by atoms with E-state index in [1.807, 2.05) is 39.8 Å². The van der Waals surface area contributed by atoms with E-state index in [1.165, 1.54) is 6.08 Å². The summed E-state index contributed by atoms with van der Waals surface area (Å²) in [6, 6.07) is 0. The second-order valence-corrected chi connectivity index (χ2v) is 18.4. The molecule has 0 radical (unpaired) electrons. The molecule has 5 rings (SSSR count). The number of allylic oxidation sites excluding steroid dienone is 2. The summed E-state index contributed by atoms with van der Waals surface area (Å²) in [5, 5.41) is 43.1. The molecule has 350 valence electrons. The molecule has 3 saturated heterocycles. The molecule has 18 atom stereocenters. The molecule has 0 aromatic heterocycles. The minimum atomic E-state index is -1.46. The van der Waals surface area contributed by atoms with Crippen LogP contribution in [0.5, 0.6) is 0 Å². The number of aliphatic hydroxyl groups excluding tert-OH is 4. The highest BCUT2D eigenvalue weighted by Gasteiger charge is 2.59. The number of hydrogen-bond acceptors (Lipinski definition) is 15. The van der Waals surface area contributed by atoms with Gasteiger partial charge in [-0.1, -0.05) is 43.7 Å². The van der Waals surface area contributed by atoms with Gasteiger partial charge in [-0.15, -0.1) is 0 Å². The van der Waals surface area contributed by atoms with Crippen LogP contribution < -0.4 is 0 Å². The highest BCUT2D eigenvalue weighted by Crippen LogP contribution is 2.44. The van der Waals surface area contributed by atoms with E-state index in [4.69, 9.17) is 47.4 Å². The van der Waals surface area contributed by atoms with E-state index in [9.17, 15) is 25.2 Å². The summed E-state index contributed by atoms with van der Waals surface area (Å²) >= 11 is 0. The largest absolute Gasteiger partial charge is 0.456 e. The molecular weight excluding hydrogens is 792 g/mol. The van der Waals surface area contributed by atoms with Crippen molar-refractivity contribution in [1.82, 2.24) is 0 Å². The van der Waals surface area contributed by atoms with Crippen LogP contribution in [0.4, 0.5) is 0 Å². The molecule has 3 fully saturated rings. The van der Waals surface area contributed by atoms with Crippen molar-refractivity contribution >= 4 is 5.97 Å². The summed E-state index contributed by atoms with van der Waals surface area (Å²) in [6.07, 6.45) is 6.61.